The molecule has 0 aromatic carbocycles. The molecule has 1 saturated heterocycles. The first kappa shape index (κ1) is 13.3. The number of nitrogens with one attached hydrogen (secondary N) is 2. The van der Waals surface area contributed by atoms with Gasteiger partial charge in [0.05, 0.1) is 0 Å². The molecule has 1 saturated carbocycles. The van der Waals surface area contributed by atoms with E-state index in [0.29, 0.717) is 13.1 Å². The van der Waals surface area contributed by atoms with Gasteiger partial charge in [0, 0.05) is 32.2 Å². The molecule has 0 amide bonds. The molecule has 0 radical (unpaired) electrons. The van der Waals surface area contributed by atoms with Crippen LogP contribution in [-0.2, 0) is 10.2 Å². The second-order valence-corrected chi connectivity index (χ2v) is 6.76. The van der Waals surface area contributed by atoms with E-state index in [2.05, 4.69) is 10.0 Å². The van der Waals surface area contributed by atoms with Gasteiger partial charge in [-0.15, -0.1) is 0 Å². The molecule has 0 bridgehead atoms. The third-order valence-electron chi connectivity index (χ3n) is 3.54. The van der Waals surface area contributed by atoms with E-state index in [1.807, 2.05) is 6.92 Å². The van der Waals surface area contributed by atoms with Crippen LogP contribution < -0.4 is 10.0 Å². The van der Waals surface area contributed by atoms with Crippen LogP contribution in [0.1, 0.15) is 32.6 Å². The van der Waals surface area contributed by atoms with Gasteiger partial charge in [-0.3, -0.25) is 0 Å². The van der Waals surface area contributed by atoms with E-state index in [1.165, 1.54) is 12.8 Å². The van der Waals surface area contributed by atoms with Gasteiger partial charge in [-0.2, -0.15) is 17.4 Å². The summed E-state index contributed by atoms with van der Waals surface area (Å²) in [6.07, 6.45) is 4.42. The number of piperazine rings is 1. The number of hydrogen-bond acceptors (Lipinski definition) is 3. The van der Waals surface area contributed by atoms with Gasteiger partial charge in [0.1, 0.15) is 0 Å². The Hall–Kier alpha value is -0.170. The summed E-state index contributed by atoms with van der Waals surface area (Å²) in [7, 11) is -3.27. The summed E-state index contributed by atoms with van der Waals surface area (Å²) >= 11 is 0. The van der Waals surface area contributed by atoms with Crippen molar-refractivity contribution < 1.29 is 8.42 Å². The van der Waals surface area contributed by atoms with Gasteiger partial charge < -0.3 is 5.32 Å². The number of nitrogens with zero attached hydrogens (tertiary/aromatic N) is 1. The van der Waals surface area contributed by atoms with Gasteiger partial charge >= 0.3 is 0 Å². The summed E-state index contributed by atoms with van der Waals surface area (Å²) in [5.41, 5.74) is 0. The maximum absolute atomic E-state index is 12.1. The van der Waals surface area contributed by atoms with Gasteiger partial charge in [0.2, 0.25) is 0 Å². The summed E-state index contributed by atoms with van der Waals surface area (Å²) in [6.45, 7) is 4.71. The highest BCUT2D eigenvalue weighted by Gasteiger charge is 2.30. The molecular weight excluding hydrogens is 238 g/mol. The molecule has 5 nitrogen and oxygen atoms in total. The topological polar surface area (TPSA) is 61.4 Å². The van der Waals surface area contributed by atoms with E-state index in [0.717, 1.165) is 31.8 Å². The molecule has 17 heavy (non-hydrogen) atoms. The average Bonchev–Trinajstić information content (AvgIpc) is 3.13. The third-order valence-corrected chi connectivity index (χ3v) is 5.22. The minimum Gasteiger partial charge on any atom is -0.314 e. The second kappa shape index (κ2) is 5.65. The zero-order valence-electron chi connectivity index (χ0n) is 10.5. The Balaban J connectivity index is 1.89. The van der Waals surface area contributed by atoms with Crippen molar-refractivity contribution in [3.8, 4) is 0 Å². The van der Waals surface area contributed by atoms with Crippen molar-refractivity contribution >= 4 is 10.2 Å². The molecule has 1 aliphatic heterocycles. The fourth-order valence-electron chi connectivity index (χ4n) is 2.22. The maximum Gasteiger partial charge on any atom is 0.279 e. The smallest absolute Gasteiger partial charge is 0.279 e. The summed E-state index contributed by atoms with van der Waals surface area (Å²) in [6, 6.07) is 0.113. The van der Waals surface area contributed by atoms with Gasteiger partial charge in [-0.1, -0.05) is 19.8 Å². The fraction of sp³-hybridized carbons (Fsp3) is 1.00. The summed E-state index contributed by atoms with van der Waals surface area (Å²) < 4.78 is 28.7. The van der Waals surface area contributed by atoms with E-state index in [9.17, 15) is 8.42 Å². The van der Waals surface area contributed by atoms with Crippen LogP contribution in [0.2, 0.25) is 0 Å². The SMILES string of the molecule is CCC(CC1CC1)NS(=O)(=O)N1CCNCC1. The zero-order chi connectivity index (χ0) is 12.3. The van der Waals surface area contributed by atoms with Crippen LogP contribution in [0.4, 0.5) is 0 Å². The lowest BCUT2D eigenvalue weighted by Crippen LogP contribution is -2.52. The summed E-state index contributed by atoms with van der Waals surface area (Å²) in [5.74, 6) is 0.755. The van der Waals surface area contributed by atoms with Crippen LogP contribution in [0, 0.1) is 5.92 Å². The molecule has 1 atom stereocenters. The van der Waals surface area contributed by atoms with Crippen LogP contribution >= 0.6 is 0 Å². The molecule has 0 aromatic rings. The Kier molecular flexibility index (Phi) is 4.41. The van der Waals surface area contributed by atoms with E-state index in [1.54, 1.807) is 4.31 Å². The second-order valence-electron chi connectivity index (χ2n) is 5.06. The van der Waals surface area contributed by atoms with Crippen LogP contribution in [0.25, 0.3) is 0 Å². The van der Waals surface area contributed by atoms with Crippen LogP contribution in [-0.4, -0.2) is 44.9 Å². The first-order valence-electron chi connectivity index (χ1n) is 6.60. The molecule has 2 aliphatic rings. The Labute approximate surface area is 104 Å². The first-order valence-corrected chi connectivity index (χ1v) is 8.04. The van der Waals surface area contributed by atoms with Gasteiger partial charge in [-0.05, 0) is 18.8 Å². The lowest BCUT2D eigenvalue weighted by molar-refractivity contribution is 0.348. The molecule has 1 heterocycles. The molecule has 1 unspecified atom stereocenters. The minimum atomic E-state index is -3.27. The van der Waals surface area contributed by atoms with Crippen molar-refractivity contribution in [2.45, 2.75) is 38.6 Å². The maximum atomic E-state index is 12.1. The molecule has 2 rings (SSSR count). The van der Waals surface area contributed by atoms with E-state index >= 15 is 0 Å². The lowest BCUT2D eigenvalue weighted by atomic mass is 10.1. The fourth-order valence-corrected chi connectivity index (χ4v) is 3.72. The first-order chi connectivity index (χ1) is 8.12. The molecule has 0 spiro atoms. The van der Waals surface area contributed by atoms with Crippen molar-refractivity contribution in [3.63, 3.8) is 0 Å². The molecule has 100 valence electrons. The average molecular weight is 261 g/mol. The Morgan fingerprint density at radius 3 is 2.53 bits per heavy atom. The molecule has 2 N–H and O–H groups in total. The lowest BCUT2D eigenvalue weighted by Gasteiger charge is -2.28. The number of hydrogen-bond donors (Lipinski definition) is 2. The van der Waals surface area contributed by atoms with E-state index in [4.69, 9.17) is 0 Å². The van der Waals surface area contributed by atoms with Crippen molar-refractivity contribution in [1.29, 1.82) is 0 Å². The van der Waals surface area contributed by atoms with Crippen molar-refractivity contribution in [2.75, 3.05) is 26.2 Å². The Morgan fingerprint density at radius 1 is 1.35 bits per heavy atom. The van der Waals surface area contributed by atoms with E-state index < -0.39 is 10.2 Å². The predicted molar refractivity (Wildman–Crippen MR) is 67.9 cm³/mol. The third kappa shape index (κ3) is 3.91. The van der Waals surface area contributed by atoms with Crippen molar-refractivity contribution in [2.24, 2.45) is 5.92 Å². The molecular formula is C11H23N3O2S. The van der Waals surface area contributed by atoms with Gasteiger partial charge in [-0.25, -0.2) is 0 Å². The zero-order valence-corrected chi connectivity index (χ0v) is 11.3. The highest BCUT2D eigenvalue weighted by Crippen LogP contribution is 2.34. The number of rotatable bonds is 6. The Morgan fingerprint density at radius 2 is 2.00 bits per heavy atom. The highest BCUT2D eigenvalue weighted by molar-refractivity contribution is 7.87. The normalized spacial score (nSPS) is 24.8. The standard InChI is InChI=1S/C11H23N3O2S/c1-2-11(9-10-3-4-10)13-17(15,16)14-7-5-12-6-8-14/h10-13H,2-9H2,1H3. The molecule has 1 aliphatic carbocycles. The highest BCUT2D eigenvalue weighted by atomic mass is 32.2. The quantitative estimate of drug-likeness (QED) is 0.723. The summed E-state index contributed by atoms with van der Waals surface area (Å²) in [4.78, 5) is 0. The summed E-state index contributed by atoms with van der Waals surface area (Å²) in [5, 5.41) is 3.16. The van der Waals surface area contributed by atoms with Gasteiger partial charge in [0.25, 0.3) is 10.2 Å². The largest absolute Gasteiger partial charge is 0.314 e. The Bertz CT molecular complexity index is 335. The van der Waals surface area contributed by atoms with Crippen molar-refractivity contribution in [3.05, 3.63) is 0 Å². The van der Waals surface area contributed by atoms with Crippen LogP contribution in [0.5, 0.6) is 0 Å². The van der Waals surface area contributed by atoms with Crippen LogP contribution in [0.15, 0.2) is 0 Å². The minimum absolute atomic E-state index is 0.113. The predicted octanol–water partition coefficient (Wildman–Crippen LogP) is 0.305. The van der Waals surface area contributed by atoms with Crippen molar-refractivity contribution in [1.82, 2.24) is 14.3 Å². The monoisotopic (exact) mass is 261 g/mol. The molecule has 2 fully saturated rings. The van der Waals surface area contributed by atoms with E-state index in [-0.39, 0.29) is 6.04 Å². The molecule has 6 heteroatoms. The van der Waals surface area contributed by atoms with Crippen LogP contribution in [0.3, 0.4) is 0 Å². The molecule has 0 aromatic heterocycles. The van der Waals surface area contributed by atoms with Gasteiger partial charge in [0.15, 0.2) is 0 Å².